The van der Waals surface area contributed by atoms with Gasteiger partial charge in [0.25, 0.3) is 10.1 Å². The summed E-state index contributed by atoms with van der Waals surface area (Å²) in [4.78, 5) is 0. The van der Waals surface area contributed by atoms with Crippen molar-refractivity contribution < 1.29 is 48.3 Å². The zero-order valence-corrected chi connectivity index (χ0v) is 10.3. The maximum Gasteiger partial charge on any atom is 1.00 e. The summed E-state index contributed by atoms with van der Waals surface area (Å²) in [5.74, 6) is 0.00694. The second-order valence-corrected chi connectivity index (χ2v) is 4.19. The van der Waals surface area contributed by atoms with Crippen LogP contribution in [0.5, 0.6) is 0 Å². The third kappa shape index (κ3) is 5.50. The molecule has 1 unspecified atom stereocenters. The molecular formula is C6H13NaO4S. The number of ether oxygens (including phenoxy) is 1. The van der Waals surface area contributed by atoms with Crippen molar-refractivity contribution in [1.29, 1.82) is 0 Å². The molecule has 0 aromatic carbocycles. The van der Waals surface area contributed by atoms with Crippen LogP contribution < -0.4 is 29.6 Å². The van der Waals surface area contributed by atoms with Crippen molar-refractivity contribution in [2.75, 3.05) is 19.0 Å². The van der Waals surface area contributed by atoms with Gasteiger partial charge in [-0.05, 0) is 6.42 Å². The van der Waals surface area contributed by atoms with E-state index in [9.17, 15) is 8.42 Å². The molecule has 0 spiro atoms. The quantitative estimate of drug-likeness (QED) is 0.277. The Morgan fingerprint density at radius 1 is 1.67 bits per heavy atom. The van der Waals surface area contributed by atoms with E-state index in [1.54, 1.807) is 0 Å². The van der Waals surface area contributed by atoms with Crippen LogP contribution >= 0.6 is 0 Å². The summed E-state index contributed by atoms with van der Waals surface area (Å²) < 4.78 is 31.3. The summed E-state index contributed by atoms with van der Waals surface area (Å²) in [6, 6.07) is 0. The van der Waals surface area contributed by atoms with Crippen LogP contribution in [0.15, 0.2) is 0 Å². The molecule has 0 saturated carbocycles. The number of hydrogen-bond donors (Lipinski definition) is 0. The van der Waals surface area contributed by atoms with E-state index in [4.69, 9.17) is 4.74 Å². The van der Waals surface area contributed by atoms with Gasteiger partial charge in [-0.2, -0.15) is 8.42 Å². The Balaban J connectivity index is 0. The summed E-state index contributed by atoms with van der Waals surface area (Å²) in [5.41, 5.74) is 0. The fraction of sp³-hybridized carbons (Fsp3) is 1.00. The first-order chi connectivity index (χ1) is 5.14. The molecule has 0 N–H and O–H groups in total. The van der Waals surface area contributed by atoms with Crippen LogP contribution in [0.2, 0.25) is 0 Å². The molecule has 1 saturated heterocycles. The van der Waals surface area contributed by atoms with Gasteiger partial charge in [-0.25, -0.2) is 0 Å². The second-order valence-electron chi connectivity index (χ2n) is 2.50. The van der Waals surface area contributed by atoms with Gasteiger partial charge in [0.15, 0.2) is 0 Å². The molecular weight excluding hydrogens is 191 g/mol. The van der Waals surface area contributed by atoms with Gasteiger partial charge >= 0.3 is 29.6 Å². The molecule has 68 valence electrons. The van der Waals surface area contributed by atoms with Gasteiger partial charge in [-0.15, -0.1) is 0 Å². The Hall–Kier alpha value is 0.870. The van der Waals surface area contributed by atoms with Gasteiger partial charge in [0.05, 0.1) is 19.3 Å². The zero-order chi connectivity index (χ0) is 8.32. The minimum atomic E-state index is -3.31. The minimum absolute atomic E-state index is 0. The van der Waals surface area contributed by atoms with Crippen molar-refractivity contribution in [2.45, 2.75) is 19.4 Å². The predicted octanol–water partition coefficient (Wildman–Crippen LogP) is -2.74. The number of hydrogen-bond acceptors (Lipinski definition) is 4. The Kier molecular flexibility index (Phi) is 5.97. The normalized spacial score (nSPS) is 21.6. The molecule has 1 atom stereocenters. The molecule has 0 aromatic rings. The zero-order valence-electron chi connectivity index (χ0n) is 8.45. The Bertz CT molecular complexity index is 215. The first kappa shape index (κ1) is 12.9. The molecule has 4 nitrogen and oxygen atoms in total. The SMILES string of the molecule is CCCOS(=O)(=O)CC1CO1.[H-].[Na+]. The van der Waals surface area contributed by atoms with E-state index in [0.29, 0.717) is 13.0 Å². The molecule has 0 aliphatic carbocycles. The number of rotatable bonds is 5. The molecule has 0 amide bonds. The van der Waals surface area contributed by atoms with E-state index >= 15 is 0 Å². The third-order valence-corrected chi connectivity index (χ3v) is 2.57. The first-order valence-electron chi connectivity index (χ1n) is 3.63. The molecule has 0 bridgehead atoms. The van der Waals surface area contributed by atoms with Crippen molar-refractivity contribution in [3.8, 4) is 0 Å². The molecule has 0 aromatic heterocycles. The fourth-order valence-electron chi connectivity index (χ4n) is 0.650. The Labute approximate surface area is 96.5 Å². The smallest absolute Gasteiger partial charge is 1.00 e. The van der Waals surface area contributed by atoms with Gasteiger partial charge in [-0.3, -0.25) is 4.18 Å². The van der Waals surface area contributed by atoms with Crippen LogP contribution in [-0.4, -0.2) is 33.5 Å². The standard InChI is InChI=1S/C6H12O4S.Na.H/c1-2-3-10-11(7,8)5-6-4-9-6;;/h6H,2-5H2,1H3;;/q;+1;-1. The number of epoxide rings is 1. The van der Waals surface area contributed by atoms with Gasteiger partial charge < -0.3 is 6.16 Å². The molecule has 1 fully saturated rings. The van der Waals surface area contributed by atoms with Crippen molar-refractivity contribution in [3.05, 3.63) is 0 Å². The van der Waals surface area contributed by atoms with E-state index in [2.05, 4.69) is 4.18 Å². The van der Waals surface area contributed by atoms with Gasteiger partial charge in [-0.1, -0.05) is 6.92 Å². The first-order valence-corrected chi connectivity index (χ1v) is 5.20. The Morgan fingerprint density at radius 3 is 2.67 bits per heavy atom. The molecule has 1 aliphatic rings. The largest absolute Gasteiger partial charge is 1.00 e. The van der Waals surface area contributed by atoms with Crippen LogP contribution in [0.3, 0.4) is 0 Å². The van der Waals surface area contributed by atoms with E-state index in [1.807, 2.05) is 6.92 Å². The van der Waals surface area contributed by atoms with E-state index in [-0.39, 0.29) is 49.4 Å². The monoisotopic (exact) mass is 204 g/mol. The molecule has 1 heterocycles. The third-order valence-electron chi connectivity index (χ3n) is 1.26. The Morgan fingerprint density at radius 2 is 2.25 bits per heavy atom. The van der Waals surface area contributed by atoms with Crippen molar-refractivity contribution in [2.24, 2.45) is 0 Å². The average molecular weight is 204 g/mol. The molecule has 12 heavy (non-hydrogen) atoms. The fourth-order valence-corrected chi connectivity index (χ4v) is 1.81. The van der Waals surface area contributed by atoms with E-state index < -0.39 is 10.1 Å². The van der Waals surface area contributed by atoms with E-state index in [1.165, 1.54) is 0 Å². The summed E-state index contributed by atoms with van der Waals surface area (Å²) in [6.07, 6.45) is 0.599. The van der Waals surface area contributed by atoms with Gasteiger partial charge in [0.1, 0.15) is 5.75 Å². The topological polar surface area (TPSA) is 55.9 Å². The predicted molar refractivity (Wildman–Crippen MR) is 40.9 cm³/mol. The van der Waals surface area contributed by atoms with Crippen molar-refractivity contribution in [3.63, 3.8) is 0 Å². The van der Waals surface area contributed by atoms with Gasteiger partial charge in [0, 0.05) is 0 Å². The second kappa shape index (κ2) is 5.57. The van der Waals surface area contributed by atoms with Crippen LogP contribution in [-0.2, 0) is 19.0 Å². The average Bonchev–Trinajstić information content (AvgIpc) is 2.67. The summed E-state index contributed by atoms with van der Waals surface area (Å²) in [6.45, 7) is 2.69. The maximum atomic E-state index is 10.9. The molecule has 0 radical (unpaired) electrons. The molecule has 6 heteroatoms. The van der Waals surface area contributed by atoms with Gasteiger partial charge in [0.2, 0.25) is 0 Å². The van der Waals surface area contributed by atoms with E-state index in [0.717, 1.165) is 0 Å². The van der Waals surface area contributed by atoms with Crippen LogP contribution in [0.4, 0.5) is 0 Å². The molecule has 1 aliphatic heterocycles. The maximum absolute atomic E-state index is 10.9. The summed E-state index contributed by atoms with van der Waals surface area (Å²) >= 11 is 0. The van der Waals surface area contributed by atoms with Crippen LogP contribution in [0.25, 0.3) is 0 Å². The van der Waals surface area contributed by atoms with Crippen LogP contribution in [0.1, 0.15) is 14.8 Å². The van der Waals surface area contributed by atoms with Crippen molar-refractivity contribution in [1.82, 2.24) is 0 Å². The van der Waals surface area contributed by atoms with Crippen molar-refractivity contribution >= 4 is 10.1 Å². The summed E-state index contributed by atoms with van der Waals surface area (Å²) in [5, 5.41) is 0. The van der Waals surface area contributed by atoms with Crippen LogP contribution in [0, 0.1) is 0 Å². The summed E-state index contributed by atoms with van der Waals surface area (Å²) in [7, 11) is -3.31. The minimum Gasteiger partial charge on any atom is -1.00 e. The molecule has 1 rings (SSSR count).